The average Bonchev–Trinajstić information content (AvgIpc) is 3.01. The van der Waals surface area contributed by atoms with Crippen molar-refractivity contribution in [1.29, 1.82) is 5.26 Å². The molecule has 2 aliphatic rings. The monoisotopic (exact) mass is 627 g/mol. The highest BCUT2D eigenvalue weighted by atomic mass is 19.3. The molecule has 0 aromatic heterocycles. The molecule has 0 aliphatic heterocycles. The summed E-state index contributed by atoms with van der Waals surface area (Å²) in [6.07, 6.45) is 6.67. The van der Waals surface area contributed by atoms with Gasteiger partial charge in [-0.1, -0.05) is 50.8 Å². The molecule has 0 radical (unpaired) electrons. The molecular formula is C37H39F6NO. The topological polar surface area (TPSA) is 33.0 Å². The second-order valence-corrected chi connectivity index (χ2v) is 12.8. The van der Waals surface area contributed by atoms with Gasteiger partial charge in [0.1, 0.15) is 35.1 Å². The summed E-state index contributed by atoms with van der Waals surface area (Å²) in [5.74, 6) is -4.60. The molecule has 0 saturated heterocycles. The van der Waals surface area contributed by atoms with Crippen LogP contribution in [0.2, 0.25) is 0 Å². The molecule has 0 unspecified atom stereocenters. The molecule has 0 spiro atoms. The minimum atomic E-state index is -3.70. The van der Waals surface area contributed by atoms with E-state index >= 15 is 13.2 Å². The summed E-state index contributed by atoms with van der Waals surface area (Å²) in [5.41, 5.74) is 0.487. The summed E-state index contributed by atoms with van der Waals surface area (Å²) in [5, 5.41) is 8.87. The van der Waals surface area contributed by atoms with E-state index in [-0.39, 0.29) is 35.7 Å². The molecule has 2 fully saturated rings. The third-order valence-electron chi connectivity index (χ3n) is 9.85. The molecule has 8 heteroatoms. The molecule has 0 heterocycles. The number of benzene rings is 3. The van der Waals surface area contributed by atoms with Crippen LogP contribution in [0.4, 0.5) is 26.3 Å². The van der Waals surface area contributed by atoms with E-state index in [0.29, 0.717) is 36.5 Å². The third-order valence-corrected chi connectivity index (χ3v) is 9.85. The summed E-state index contributed by atoms with van der Waals surface area (Å²) >= 11 is 0. The van der Waals surface area contributed by atoms with Crippen molar-refractivity contribution in [2.24, 2.45) is 11.8 Å². The Balaban J connectivity index is 1.18. The maximum absolute atomic E-state index is 15.3. The van der Waals surface area contributed by atoms with Crippen LogP contribution in [0.5, 0.6) is 5.75 Å². The molecule has 2 aliphatic carbocycles. The number of halogens is 6. The predicted molar refractivity (Wildman–Crippen MR) is 162 cm³/mol. The van der Waals surface area contributed by atoms with Crippen LogP contribution in [0.1, 0.15) is 112 Å². The van der Waals surface area contributed by atoms with Gasteiger partial charge in [0.25, 0.3) is 0 Å². The molecule has 5 rings (SSSR count). The Labute approximate surface area is 261 Å². The highest BCUT2D eigenvalue weighted by Crippen LogP contribution is 2.45. The summed E-state index contributed by atoms with van der Waals surface area (Å²) in [6.45, 7) is 2.21. The largest absolute Gasteiger partial charge is 0.432 e. The van der Waals surface area contributed by atoms with Crippen LogP contribution in [0.25, 0.3) is 11.1 Å². The lowest BCUT2D eigenvalue weighted by atomic mass is 9.75. The number of unbranched alkanes of at least 4 members (excludes halogenated alkanes) is 2. The van der Waals surface area contributed by atoms with E-state index in [0.717, 1.165) is 36.5 Å². The summed E-state index contributed by atoms with van der Waals surface area (Å²) in [4.78, 5) is 0. The van der Waals surface area contributed by atoms with Gasteiger partial charge in [-0.15, -0.1) is 0 Å². The number of rotatable bonds is 10. The molecule has 0 amide bonds. The number of ether oxygens (including phenoxy) is 1. The van der Waals surface area contributed by atoms with Gasteiger partial charge >= 0.3 is 6.11 Å². The van der Waals surface area contributed by atoms with Gasteiger partial charge < -0.3 is 4.74 Å². The maximum Gasteiger partial charge on any atom is 0.400 e. The van der Waals surface area contributed by atoms with E-state index in [9.17, 15) is 13.2 Å². The lowest BCUT2D eigenvalue weighted by molar-refractivity contribution is -0.222. The zero-order chi connectivity index (χ0) is 32.1. The quantitative estimate of drug-likeness (QED) is 0.166. The Bertz CT molecular complexity index is 1490. The van der Waals surface area contributed by atoms with Crippen LogP contribution >= 0.6 is 0 Å². The minimum absolute atomic E-state index is 0.0640. The number of nitriles is 1. The number of hydrogen-bond donors (Lipinski definition) is 0. The zero-order valence-corrected chi connectivity index (χ0v) is 25.5. The number of alkyl halides is 2. The van der Waals surface area contributed by atoms with Gasteiger partial charge in [0, 0.05) is 12.1 Å². The molecule has 0 bridgehead atoms. The van der Waals surface area contributed by atoms with Crippen molar-refractivity contribution in [2.45, 2.75) is 102 Å². The van der Waals surface area contributed by atoms with Gasteiger partial charge in [0.15, 0.2) is 0 Å². The molecule has 3 aromatic rings. The van der Waals surface area contributed by atoms with Crippen LogP contribution in [0, 0.1) is 46.4 Å². The second-order valence-electron chi connectivity index (χ2n) is 12.8. The number of hydrogen-bond acceptors (Lipinski definition) is 2. The molecule has 45 heavy (non-hydrogen) atoms. The van der Waals surface area contributed by atoms with Crippen molar-refractivity contribution in [1.82, 2.24) is 0 Å². The Morgan fingerprint density at radius 1 is 0.756 bits per heavy atom. The van der Waals surface area contributed by atoms with Crippen LogP contribution in [-0.4, -0.2) is 6.11 Å². The first-order valence-corrected chi connectivity index (χ1v) is 16.1. The summed E-state index contributed by atoms with van der Waals surface area (Å²) in [6, 6.07) is 11.4. The Kier molecular flexibility index (Phi) is 10.5. The molecule has 240 valence electrons. The summed E-state index contributed by atoms with van der Waals surface area (Å²) in [7, 11) is 0. The van der Waals surface area contributed by atoms with Crippen LogP contribution in [0.3, 0.4) is 0 Å². The first kappa shape index (κ1) is 32.9. The average molecular weight is 628 g/mol. The smallest absolute Gasteiger partial charge is 0.400 e. The fourth-order valence-corrected chi connectivity index (χ4v) is 7.22. The molecular weight excluding hydrogens is 588 g/mol. The van der Waals surface area contributed by atoms with Crippen molar-refractivity contribution < 1.29 is 31.1 Å². The lowest BCUT2D eigenvalue weighted by Gasteiger charge is -2.34. The van der Waals surface area contributed by atoms with Crippen molar-refractivity contribution in [3.05, 3.63) is 88.5 Å². The fourth-order valence-electron chi connectivity index (χ4n) is 7.22. The van der Waals surface area contributed by atoms with Crippen molar-refractivity contribution in [2.75, 3.05) is 0 Å². The predicted octanol–water partition coefficient (Wildman–Crippen LogP) is 11.6. The van der Waals surface area contributed by atoms with E-state index in [4.69, 9.17) is 10.00 Å². The van der Waals surface area contributed by atoms with Crippen LogP contribution in [-0.2, 0) is 0 Å². The standard InChI is InChI=1S/C37H39F6NO/c1-2-3-4-5-23-6-8-24(9-7-23)26-14-17-31(33(39)18-26)25-12-15-29(16-13-25)37(42,43)45-30-20-34(40)36(35(41)21-30)27-10-11-28(22-44)32(38)19-27/h10-11,14,17-21,23-25,29H,2-9,12-13,15-16H2,1H3. The normalized spacial score (nSPS) is 22.2. The lowest BCUT2D eigenvalue weighted by Crippen LogP contribution is -2.37. The first-order valence-electron chi connectivity index (χ1n) is 16.1. The van der Waals surface area contributed by atoms with Gasteiger partial charge in [-0.25, -0.2) is 17.6 Å². The van der Waals surface area contributed by atoms with Gasteiger partial charge in [0.05, 0.1) is 17.0 Å². The molecule has 2 saturated carbocycles. The van der Waals surface area contributed by atoms with E-state index < -0.39 is 40.8 Å². The number of nitrogens with zero attached hydrogens (tertiary/aromatic N) is 1. The second kappa shape index (κ2) is 14.3. The Morgan fingerprint density at radius 3 is 2.02 bits per heavy atom. The van der Waals surface area contributed by atoms with Crippen molar-refractivity contribution in [3.8, 4) is 22.9 Å². The van der Waals surface area contributed by atoms with Gasteiger partial charge in [-0.3, -0.25) is 0 Å². The van der Waals surface area contributed by atoms with E-state index in [1.165, 1.54) is 44.6 Å². The SMILES string of the molecule is CCCCCC1CCC(c2ccc(C3CCC(C(F)(F)Oc4cc(F)c(-c5ccc(C#N)c(F)c5)c(F)c4)CC3)c(F)c2)CC1. The Hall–Kier alpha value is -3.47. The van der Waals surface area contributed by atoms with Crippen molar-refractivity contribution >= 4 is 0 Å². The van der Waals surface area contributed by atoms with Crippen LogP contribution in [0.15, 0.2) is 48.5 Å². The fraction of sp³-hybridized carbons (Fsp3) is 0.486. The minimum Gasteiger partial charge on any atom is -0.432 e. The van der Waals surface area contributed by atoms with Crippen LogP contribution < -0.4 is 4.74 Å². The van der Waals surface area contributed by atoms with Crippen molar-refractivity contribution in [3.63, 3.8) is 0 Å². The van der Waals surface area contributed by atoms with E-state index in [1.54, 1.807) is 12.1 Å². The van der Waals surface area contributed by atoms with Gasteiger partial charge in [-0.2, -0.15) is 14.0 Å². The van der Waals surface area contributed by atoms with Gasteiger partial charge in [0.2, 0.25) is 0 Å². The Morgan fingerprint density at radius 2 is 1.42 bits per heavy atom. The van der Waals surface area contributed by atoms with E-state index in [1.807, 2.05) is 12.1 Å². The molecule has 0 atom stereocenters. The zero-order valence-electron chi connectivity index (χ0n) is 25.5. The highest BCUT2D eigenvalue weighted by Gasteiger charge is 2.44. The maximum atomic E-state index is 15.3. The molecule has 3 aromatic carbocycles. The highest BCUT2D eigenvalue weighted by molar-refractivity contribution is 5.67. The van der Waals surface area contributed by atoms with E-state index in [2.05, 4.69) is 6.92 Å². The molecule has 0 N–H and O–H groups in total. The molecule has 2 nitrogen and oxygen atoms in total. The van der Waals surface area contributed by atoms with Gasteiger partial charge in [-0.05, 0) is 104 Å². The third kappa shape index (κ3) is 7.68. The first-order chi connectivity index (χ1) is 21.6. The summed E-state index contributed by atoms with van der Waals surface area (Å²) < 4.78 is 94.2.